The van der Waals surface area contributed by atoms with Crippen LogP contribution in [0.1, 0.15) is 12.2 Å². The van der Waals surface area contributed by atoms with Crippen LogP contribution < -0.4 is 4.90 Å². The van der Waals surface area contributed by atoms with Gasteiger partial charge in [0.15, 0.2) is 0 Å². The molecule has 7 heteroatoms. The summed E-state index contributed by atoms with van der Waals surface area (Å²) in [5, 5.41) is 13.2. The summed E-state index contributed by atoms with van der Waals surface area (Å²) in [6.45, 7) is 0.578. The fraction of sp³-hybridized carbons (Fsp3) is 0.308. The van der Waals surface area contributed by atoms with Gasteiger partial charge in [0.05, 0.1) is 18.4 Å². The molecule has 0 aromatic carbocycles. The molecule has 7 nitrogen and oxygen atoms in total. The molecule has 20 heavy (non-hydrogen) atoms. The number of hydrogen-bond acceptors (Lipinski definition) is 4. The van der Waals surface area contributed by atoms with Gasteiger partial charge in [0.1, 0.15) is 18.1 Å². The molecule has 0 aliphatic carbocycles. The molecule has 0 saturated carbocycles. The molecule has 0 bridgehead atoms. The predicted molar refractivity (Wildman–Crippen MR) is 68.1 cm³/mol. The van der Waals surface area contributed by atoms with Crippen LogP contribution in [0.5, 0.6) is 0 Å². The predicted octanol–water partition coefficient (Wildman–Crippen LogP) is 0.962. The highest BCUT2D eigenvalue weighted by molar-refractivity contribution is 5.98. The maximum absolute atomic E-state index is 11.9. The number of aliphatic carboxylic acids is 1. The number of hydrogen-bond donors (Lipinski definition) is 1. The van der Waals surface area contributed by atoms with Crippen LogP contribution in [0.3, 0.4) is 0 Å². The molecule has 3 heterocycles. The number of rotatable bonds is 4. The quantitative estimate of drug-likeness (QED) is 0.897. The zero-order valence-corrected chi connectivity index (χ0v) is 10.6. The maximum Gasteiger partial charge on any atom is 0.308 e. The first-order chi connectivity index (χ1) is 9.65. The van der Waals surface area contributed by atoms with E-state index in [9.17, 15) is 9.59 Å². The van der Waals surface area contributed by atoms with Gasteiger partial charge in [-0.3, -0.25) is 14.5 Å². The summed E-state index contributed by atoms with van der Waals surface area (Å²) in [6, 6.07) is 5.29. The summed E-state index contributed by atoms with van der Waals surface area (Å²) in [4.78, 5) is 24.4. The van der Waals surface area contributed by atoms with Gasteiger partial charge in [0.2, 0.25) is 5.91 Å². The van der Waals surface area contributed by atoms with Gasteiger partial charge in [-0.15, -0.1) is 0 Å². The minimum atomic E-state index is -0.946. The zero-order chi connectivity index (χ0) is 14.1. The van der Waals surface area contributed by atoms with Crippen molar-refractivity contribution in [1.82, 2.24) is 9.78 Å². The number of amides is 1. The monoisotopic (exact) mass is 275 g/mol. The lowest BCUT2D eigenvalue weighted by Gasteiger charge is -2.17. The second-order valence-corrected chi connectivity index (χ2v) is 4.67. The Bertz CT molecular complexity index is 632. The van der Waals surface area contributed by atoms with Crippen LogP contribution in [0.15, 0.2) is 35.1 Å². The molecule has 1 unspecified atom stereocenters. The van der Waals surface area contributed by atoms with Crippen LogP contribution in [0.4, 0.5) is 5.82 Å². The van der Waals surface area contributed by atoms with Crippen LogP contribution in [-0.2, 0) is 16.1 Å². The second kappa shape index (κ2) is 4.84. The fourth-order valence-corrected chi connectivity index (χ4v) is 2.32. The van der Waals surface area contributed by atoms with Crippen LogP contribution in [-0.4, -0.2) is 33.3 Å². The second-order valence-electron chi connectivity index (χ2n) is 4.67. The Morgan fingerprint density at radius 1 is 1.50 bits per heavy atom. The standard InChI is InChI=1S/C13H13N3O4/c17-12-6-9(13(18)19)7-15(12)11-3-4-14-16(11)8-10-2-1-5-20-10/h1-5,9H,6-8H2,(H,18,19). The van der Waals surface area contributed by atoms with Crippen molar-refractivity contribution in [2.75, 3.05) is 11.4 Å². The van der Waals surface area contributed by atoms with Crippen molar-refractivity contribution in [3.05, 3.63) is 36.4 Å². The molecule has 1 aliphatic rings. The summed E-state index contributed by atoms with van der Waals surface area (Å²) in [5.74, 6) is -0.488. The smallest absolute Gasteiger partial charge is 0.308 e. The van der Waals surface area contributed by atoms with Gasteiger partial charge in [-0.1, -0.05) is 0 Å². The average molecular weight is 275 g/mol. The minimum Gasteiger partial charge on any atom is -0.481 e. The molecule has 1 aliphatic heterocycles. The van der Waals surface area contributed by atoms with E-state index in [1.54, 1.807) is 29.3 Å². The number of anilines is 1. The van der Waals surface area contributed by atoms with Crippen LogP contribution in [0.2, 0.25) is 0 Å². The van der Waals surface area contributed by atoms with Gasteiger partial charge >= 0.3 is 5.97 Å². The molecular weight excluding hydrogens is 262 g/mol. The molecule has 1 fully saturated rings. The molecule has 3 rings (SSSR count). The van der Waals surface area contributed by atoms with E-state index in [2.05, 4.69) is 5.10 Å². The van der Waals surface area contributed by atoms with Gasteiger partial charge in [0, 0.05) is 19.0 Å². The maximum atomic E-state index is 11.9. The van der Waals surface area contributed by atoms with Gasteiger partial charge in [-0.2, -0.15) is 5.10 Å². The Kier molecular flexibility index (Phi) is 3.02. The first-order valence-electron chi connectivity index (χ1n) is 6.22. The number of carbonyl (C=O) groups is 2. The fourth-order valence-electron chi connectivity index (χ4n) is 2.32. The highest BCUT2D eigenvalue weighted by Crippen LogP contribution is 2.25. The third-order valence-corrected chi connectivity index (χ3v) is 3.33. The number of nitrogens with zero attached hydrogens (tertiary/aromatic N) is 3. The molecule has 0 radical (unpaired) electrons. The van der Waals surface area contributed by atoms with E-state index < -0.39 is 11.9 Å². The summed E-state index contributed by atoms with van der Waals surface area (Å²) in [5.41, 5.74) is 0. The van der Waals surface area contributed by atoms with Crippen molar-refractivity contribution in [2.45, 2.75) is 13.0 Å². The van der Waals surface area contributed by atoms with E-state index in [0.29, 0.717) is 12.4 Å². The van der Waals surface area contributed by atoms with Crippen molar-refractivity contribution < 1.29 is 19.1 Å². The molecule has 0 spiro atoms. The summed E-state index contributed by atoms with van der Waals surface area (Å²) < 4.78 is 6.88. The third kappa shape index (κ3) is 2.18. The van der Waals surface area contributed by atoms with E-state index in [1.807, 2.05) is 6.07 Å². The summed E-state index contributed by atoms with van der Waals surface area (Å²) >= 11 is 0. The highest BCUT2D eigenvalue weighted by Gasteiger charge is 2.36. The van der Waals surface area contributed by atoms with Crippen molar-refractivity contribution in [2.24, 2.45) is 5.92 Å². The van der Waals surface area contributed by atoms with Crippen LogP contribution >= 0.6 is 0 Å². The Morgan fingerprint density at radius 3 is 3.00 bits per heavy atom. The van der Waals surface area contributed by atoms with Gasteiger partial charge in [-0.25, -0.2) is 4.68 Å². The van der Waals surface area contributed by atoms with E-state index in [-0.39, 0.29) is 18.9 Å². The first-order valence-corrected chi connectivity index (χ1v) is 6.22. The number of carboxylic acids is 1. The molecule has 1 atom stereocenters. The Morgan fingerprint density at radius 2 is 2.35 bits per heavy atom. The average Bonchev–Trinajstić information content (AvgIpc) is 3.10. The summed E-state index contributed by atoms with van der Waals surface area (Å²) in [7, 11) is 0. The Balaban J connectivity index is 1.83. The molecule has 1 amide bonds. The van der Waals surface area contributed by atoms with E-state index >= 15 is 0 Å². The minimum absolute atomic E-state index is 0.0290. The number of carbonyl (C=O) groups excluding carboxylic acids is 1. The van der Waals surface area contributed by atoms with E-state index in [4.69, 9.17) is 9.52 Å². The highest BCUT2D eigenvalue weighted by atomic mass is 16.4. The number of furan rings is 1. The number of aromatic nitrogens is 2. The van der Waals surface area contributed by atoms with Gasteiger partial charge in [0.25, 0.3) is 0 Å². The molecule has 1 N–H and O–H groups in total. The molecule has 104 valence electrons. The number of carboxylic acid groups (broad SMARTS) is 1. The molecule has 2 aromatic heterocycles. The third-order valence-electron chi connectivity index (χ3n) is 3.33. The van der Waals surface area contributed by atoms with Crippen molar-refractivity contribution in [3.63, 3.8) is 0 Å². The molecular formula is C13H13N3O4. The van der Waals surface area contributed by atoms with E-state index in [0.717, 1.165) is 5.76 Å². The van der Waals surface area contributed by atoms with E-state index in [1.165, 1.54) is 4.90 Å². The Hall–Kier alpha value is -2.57. The largest absolute Gasteiger partial charge is 0.481 e. The van der Waals surface area contributed by atoms with Crippen LogP contribution in [0, 0.1) is 5.92 Å². The lowest BCUT2D eigenvalue weighted by Crippen LogP contribution is -2.28. The molecule has 2 aromatic rings. The Labute approximate surface area is 114 Å². The van der Waals surface area contributed by atoms with Crippen LogP contribution in [0.25, 0.3) is 0 Å². The normalized spacial score (nSPS) is 18.7. The van der Waals surface area contributed by atoms with Gasteiger partial charge in [-0.05, 0) is 12.1 Å². The lowest BCUT2D eigenvalue weighted by molar-refractivity contribution is -0.141. The summed E-state index contributed by atoms with van der Waals surface area (Å²) in [6.07, 6.45) is 3.18. The SMILES string of the molecule is O=C(O)C1CC(=O)N(c2ccnn2Cc2ccco2)C1. The lowest BCUT2D eigenvalue weighted by atomic mass is 10.1. The molecule has 1 saturated heterocycles. The van der Waals surface area contributed by atoms with Crippen molar-refractivity contribution in [3.8, 4) is 0 Å². The zero-order valence-electron chi connectivity index (χ0n) is 10.6. The van der Waals surface area contributed by atoms with Crippen molar-refractivity contribution >= 4 is 17.7 Å². The van der Waals surface area contributed by atoms with Crippen molar-refractivity contribution in [1.29, 1.82) is 0 Å². The first kappa shape index (κ1) is 12.5. The van der Waals surface area contributed by atoms with Gasteiger partial charge < -0.3 is 9.52 Å². The topological polar surface area (TPSA) is 88.6 Å².